The summed E-state index contributed by atoms with van der Waals surface area (Å²) in [5.74, 6) is 1.07. The number of nitrogens with one attached hydrogen (secondary N) is 1. The third kappa shape index (κ3) is 6.32. The minimum absolute atomic E-state index is 0.174. The fraction of sp³-hybridized carbons (Fsp3) is 0.556. The van der Waals surface area contributed by atoms with E-state index in [0.29, 0.717) is 0 Å². The third-order valence-corrected chi connectivity index (χ3v) is 4.96. The summed E-state index contributed by atoms with van der Waals surface area (Å²) in [5.41, 5.74) is 1.24. The normalized spacial score (nSPS) is 16.0. The first-order chi connectivity index (χ1) is 12.0. The van der Waals surface area contributed by atoms with Crippen LogP contribution in [0.2, 0.25) is 0 Å². The molecule has 138 valence electrons. The number of carbonyl (C=O) groups excluding carboxylic acids is 1. The van der Waals surface area contributed by atoms with Crippen molar-refractivity contribution in [2.24, 2.45) is 4.99 Å². The summed E-state index contributed by atoms with van der Waals surface area (Å²) in [7, 11) is 3.86. The van der Waals surface area contributed by atoms with Gasteiger partial charge in [-0.3, -0.25) is 14.7 Å². The van der Waals surface area contributed by atoms with Crippen LogP contribution in [0.3, 0.4) is 0 Å². The molecule has 0 atom stereocenters. The molecule has 0 radical (unpaired) electrons. The maximum atomic E-state index is 11.4. The van der Waals surface area contributed by atoms with E-state index in [4.69, 9.17) is 0 Å². The molecule has 1 amide bonds. The molecular weight excluding hydrogens is 382 g/mol. The Bertz CT molecular complexity index is 582. The van der Waals surface area contributed by atoms with Crippen molar-refractivity contribution in [2.75, 3.05) is 53.4 Å². The molecule has 1 aromatic rings. The number of amides is 1. The number of aliphatic imine (C=N–C) groups is 1. The smallest absolute Gasteiger partial charge is 0.219 e. The van der Waals surface area contributed by atoms with E-state index < -0.39 is 0 Å². The van der Waals surface area contributed by atoms with E-state index in [0.717, 1.165) is 56.2 Å². The zero-order valence-corrected chi connectivity index (χ0v) is 16.9. The number of nitrogens with zero attached hydrogens (tertiary/aromatic N) is 4. The second-order valence-electron chi connectivity index (χ2n) is 6.30. The van der Waals surface area contributed by atoms with Gasteiger partial charge in [0.05, 0.1) is 0 Å². The topological polar surface area (TPSA) is 51.2 Å². The van der Waals surface area contributed by atoms with Crippen molar-refractivity contribution in [1.29, 1.82) is 0 Å². The lowest BCUT2D eigenvalue weighted by atomic mass is 10.2. The Morgan fingerprint density at radius 1 is 1.24 bits per heavy atom. The van der Waals surface area contributed by atoms with Gasteiger partial charge in [0.1, 0.15) is 0 Å². The molecule has 1 N–H and O–H groups in total. The maximum Gasteiger partial charge on any atom is 0.219 e. The number of carbonyl (C=O) groups is 1. The second-order valence-corrected chi connectivity index (χ2v) is 7.22. The van der Waals surface area contributed by atoms with Crippen molar-refractivity contribution in [3.63, 3.8) is 0 Å². The van der Waals surface area contributed by atoms with Crippen molar-refractivity contribution >= 4 is 27.8 Å². The quantitative estimate of drug-likeness (QED) is 0.592. The molecule has 1 heterocycles. The monoisotopic (exact) mass is 409 g/mol. The predicted molar refractivity (Wildman–Crippen MR) is 106 cm³/mol. The lowest BCUT2D eigenvalue weighted by Crippen LogP contribution is -2.50. The molecular formula is C18H28BrN5O. The zero-order chi connectivity index (χ0) is 18.2. The average Bonchev–Trinajstić information content (AvgIpc) is 2.61. The van der Waals surface area contributed by atoms with Gasteiger partial charge in [-0.15, -0.1) is 0 Å². The van der Waals surface area contributed by atoms with Crippen molar-refractivity contribution in [3.05, 3.63) is 34.3 Å². The summed E-state index contributed by atoms with van der Waals surface area (Å²) in [6.45, 7) is 7.78. The van der Waals surface area contributed by atoms with E-state index >= 15 is 0 Å². The van der Waals surface area contributed by atoms with Gasteiger partial charge in [0.2, 0.25) is 5.91 Å². The molecule has 2 rings (SSSR count). The predicted octanol–water partition coefficient (Wildman–Crippen LogP) is 1.62. The highest BCUT2D eigenvalue weighted by Crippen LogP contribution is 2.11. The molecule has 7 heteroatoms. The van der Waals surface area contributed by atoms with E-state index in [9.17, 15) is 4.79 Å². The lowest BCUT2D eigenvalue weighted by molar-refractivity contribution is -0.130. The number of benzene rings is 1. The van der Waals surface area contributed by atoms with Gasteiger partial charge in [-0.2, -0.15) is 0 Å². The molecule has 0 aromatic heterocycles. The second kappa shape index (κ2) is 9.77. The van der Waals surface area contributed by atoms with E-state index in [1.165, 1.54) is 5.56 Å². The highest BCUT2D eigenvalue weighted by molar-refractivity contribution is 9.10. The summed E-state index contributed by atoms with van der Waals surface area (Å²) < 4.78 is 1.09. The van der Waals surface area contributed by atoms with E-state index in [2.05, 4.69) is 60.3 Å². The van der Waals surface area contributed by atoms with Crippen molar-refractivity contribution in [3.8, 4) is 0 Å². The summed E-state index contributed by atoms with van der Waals surface area (Å²) in [5, 5.41) is 3.43. The van der Waals surface area contributed by atoms with Crippen molar-refractivity contribution in [1.82, 2.24) is 20.0 Å². The molecule has 1 aliphatic rings. The highest BCUT2D eigenvalue weighted by Gasteiger charge is 2.18. The molecule has 0 aliphatic carbocycles. The van der Waals surface area contributed by atoms with Crippen LogP contribution in [0.5, 0.6) is 0 Å². The fourth-order valence-electron chi connectivity index (χ4n) is 2.94. The van der Waals surface area contributed by atoms with Gasteiger partial charge in [-0.05, 0) is 17.7 Å². The molecule has 0 unspecified atom stereocenters. The number of piperazine rings is 1. The zero-order valence-electron chi connectivity index (χ0n) is 15.3. The molecule has 25 heavy (non-hydrogen) atoms. The van der Waals surface area contributed by atoms with Crippen LogP contribution in [-0.4, -0.2) is 79.9 Å². The number of rotatable bonds is 5. The van der Waals surface area contributed by atoms with Gasteiger partial charge in [0, 0.05) is 71.3 Å². The van der Waals surface area contributed by atoms with Crippen LogP contribution in [0, 0.1) is 0 Å². The first kappa shape index (κ1) is 19.7. The van der Waals surface area contributed by atoms with Crippen LogP contribution >= 0.6 is 15.9 Å². The highest BCUT2D eigenvalue weighted by atomic mass is 79.9. The SMILES string of the molecule is CN=C(NCCN1CCN(C(C)=O)CC1)N(C)Cc1ccc(Br)cc1. The van der Waals surface area contributed by atoms with E-state index in [-0.39, 0.29) is 5.91 Å². The van der Waals surface area contributed by atoms with Crippen LogP contribution in [0.4, 0.5) is 0 Å². The average molecular weight is 410 g/mol. The Hall–Kier alpha value is -1.60. The first-order valence-corrected chi connectivity index (χ1v) is 9.43. The number of halogens is 1. The van der Waals surface area contributed by atoms with E-state index in [1.807, 2.05) is 19.0 Å². The molecule has 1 saturated heterocycles. The number of hydrogen-bond donors (Lipinski definition) is 1. The van der Waals surface area contributed by atoms with E-state index in [1.54, 1.807) is 6.92 Å². The summed E-state index contributed by atoms with van der Waals surface area (Å²) in [6, 6.07) is 8.34. The molecule has 0 bridgehead atoms. The van der Waals surface area contributed by atoms with Crippen LogP contribution in [0.1, 0.15) is 12.5 Å². The molecule has 0 saturated carbocycles. The largest absolute Gasteiger partial charge is 0.355 e. The Morgan fingerprint density at radius 3 is 2.44 bits per heavy atom. The van der Waals surface area contributed by atoms with Crippen molar-refractivity contribution in [2.45, 2.75) is 13.5 Å². The van der Waals surface area contributed by atoms with Crippen LogP contribution in [0.15, 0.2) is 33.7 Å². The van der Waals surface area contributed by atoms with Gasteiger partial charge in [-0.1, -0.05) is 28.1 Å². The van der Waals surface area contributed by atoms with Gasteiger partial charge in [0.25, 0.3) is 0 Å². The Labute approximate surface area is 159 Å². The maximum absolute atomic E-state index is 11.4. The Morgan fingerprint density at radius 2 is 1.88 bits per heavy atom. The minimum atomic E-state index is 0.174. The van der Waals surface area contributed by atoms with Gasteiger partial charge in [0.15, 0.2) is 5.96 Å². The Balaban J connectivity index is 1.73. The number of guanidine groups is 1. The third-order valence-electron chi connectivity index (χ3n) is 4.44. The van der Waals surface area contributed by atoms with Gasteiger partial charge < -0.3 is 15.1 Å². The Kier molecular flexibility index (Phi) is 7.71. The molecule has 1 aliphatic heterocycles. The van der Waals surface area contributed by atoms with Gasteiger partial charge in [-0.25, -0.2) is 0 Å². The standard InChI is InChI=1S/C18H28BrN5O/c1-15(25)24-12-10-23(11-13-24)9-8-21-18(20-2)22(3)14-16-4-6-17(19)7-5-16/h4-7H,8-14H2,1-3H3,(H,20,21). The van der Waals surface area contributed by atoms with Crippen LogP contribution in [-0.2, 0) is 11.3 Å². The molecule has 0 spiro atoms. The molecule has 1 fully saturated rings. The number of hydrogen-bond acceptors (Lipinski definition) is 3. The summed E-state index contributed by atoms with van der Waals surface area (Å²) >= 11 is 3.46. The fourth-order valence-corrected chi connectivity index (χ4v) is 3.20. The first-order valence-electron chi connectivity index (χ1n) is 8.63. The lowest BCUT2D eigenvalue weighted by Gasteiger charge is -2.34. The van der Waals surface area contributed by atoms with Gasteiger partial charge >= 0.3 is 0 Å². The van der Waals surface area contributed by atoms with Crippen molar-refractivity contribution < 1.29 is 4.79 Å². The van der Waals surface area contributed by atoms with Crippen LogP contribution in [0.25, 0.3) is 0 Å². The summed E-state index contributed by atoms with van der Waals surface area (Å²) in [6.07, 6.45) is 0. The molecule has 1 aromatic carbocycles. The van der Waals surface area contributed by atoms with Crippen LogP contribution < -0.4 is 5.32 Å². The summed E-state index contributed by atoms with van der Waals surface area (Å²) in [4.78, 5) is 22.1. The molecule has 6 nitrogen and oxygen atoms in total. The minimum Gasteiger partial charge on any atom is -0.355 e.